The van der Waals surface area contributed by atoms with Crippen molar-refractivity contribution in [3.63, 3.8) is 0 Å². The summed E-state index contributed by atoms with van der Waals surface area (Å²) < 4.78 is 33.6. The van der Waals surface area contributed by atoms with Gasteiger partial charge in [-0.25, -0.2) is 18.4 Å². The van der Waals surface area contributed by atoms with Crippen molar-refractivity contribution in [2.24, 2.45) is 5.14 Å². The lowest BCUT2D eigenvalue weighted by Crippen LogP contribution is -2.21. The predicted octanol–water partition coefficient (Wildman–Crippen LogP) is 3.58. The topological polar surface area (TPSA) is 125 Å². The molecule has 0 aliphatic heterocycles. The van der Waals surface area contributed by atoms with Gasteiger partial charge in [0.05, 0.1) is 10.6 Å². The van der Waals surface area contributed by atoms with Gasteiger partial charge < -0.3 is 14.8 Å². The number of hydrogen-bond donors (Lipinski definition) is 2. The Morgan fingerprint density at radius 2 is 1.58 bits per heavy atom. The number of sulfonamides is 1. The molecule has 160 valence electrons. The molecule has 0 aliphatic carbocycles. The Balaban J connectivity index is 1.55. The molecule has 0 aliphatic rings. The molecule has 0 aromatic heterocycles. The van der Waals surface area contributed by atoms with Crippen molar-refractivity contribution in [3.05, 3.63) is 83.4 Å². The van der Waals surface area contributed by atoms with Gasteiger partial charge in [0, 0.05) is 5.69 Å². The first-order chi connectivity index (χ1) is 14.7. The minimum atomic E-state index is -4.11. The van der Waals surface area contributed by atoms with E-state index >= 15 is 0 Å². The number of carbonyl (C=O) groups excluding carboxylic acids is 2. The number of esters is 1. The number of halogens is 1. The minimum absolute atomic E-state index is 0.108. The number of nitrogens with one attached hydrogen (secondary N) is 1. The molecule has 3 rings (SSSR count). The lowest BCUT2D eigenvalue weighted by atomic mass is 10.2. The number of nitrogens with two attached hydrogens (primary N) is 1. The van der Waals surface area contributed by atoms with Gasteiger partial charge in [-0.1, -0.05) is 29.8 Å². The summed E-state index contributed by atoms with van der Waals surface area (Å²) in [4.78, 5) is 23.7. The third-order valence-electron chi connectivity index (χ3n) is 3.92. The second-order valence-corrected chi connectivity index (χ2v) is 8.19. The third kappa shape index (κ3) is 6.29. The van der Waals surface area contributed by atoms with Gasteiger partial charge >= 0.3 is 5.97 Å². The van der Waals surface area contributed by atoms with E-state index in [0.29, 0.717) is 17.2 Å². The van der Waals surface area contributed by atoms with Crippen molar-refractivity contribution in [1.82, 2.24) is 0 Å². The van der Waals surface area contributed by atoms with Gasteiger partial charge in [-0.2, -0.15) is 0 Å². The zero-order valence-corrected chi connectivity index (χ0v) is 17.5. The number of rotatable bonds is 7. The van der Waals surface area contributed by atoms with Crippen LogP contribution in [0.5, 0.6) is 11.5 Å². The van der Waals surface area contributed by atoms with Gasteiger partial charge in [0.2, 0.25) is 10.0 Å². The first-order valence-electron chi connectivity index (χ1n) is 8.85. The molecule has 0 saturated carbocycles. The van der Waals surface area contributed by atoms with E-state index < -0.39 is 33.4 Å². The molecule has 3 aromatic rings. The first kappa shape index (κ1) is 22.3. The summed E-state index contributed by atoms with van der Waals surface area (Å²) in [6, 6.07) is 19.3. The van der Waals surface area contributed by atoms with Crippen molar-refractivity contribution in [1.29, 1.82) is 0 Å². The number of carbonyl (C=O) groups is 2. The summed E-state index contributed by atoms with van der Waals surface area (Å²) in [5.74, 6) is -0.211. The normalized spacial score (nSPS) is 10.9. The highest BCUT2D eigenvalue weighted by Crippen LogP contribution is 2.23. The molecule has 0 unspecified atom stereocenters. The van der Waals surface area contributed by atoms with E-state index in [1.165, 1.54) is 12.1 Å². The van der Waals surface area contributed by atoms with Crippen molar-refractivity contribution in [3.8, 4) is 11.5 Å². The molecule has 0 saturated heterocycles. The molecule has 3 N–H and O–H groups in total. The van der Waals surface area contributed by atoms with E-state index in [4.69, 9.17) is 26.2 Å². The lowest BCUT2D eigenvalue weighted by molar-refractivity contribution is -0.119. The van der Waals surface area contributed by atoms with Crippen molar-refractivity contribution in [2.75, 3.05) is 11.9 Å². The molecule has 31 heavy (non-hydrogen) atoms. The van der Waals surface area contributed by atoms with E-state index in [1.807, 2.05) is 30.3 Å². The van der Waals surface area contributed by atoms with Gasteiger partial charge in [-0.3, -0.25) is 4.79 Å². The zero-order chi connectivity index (χ0) is 22.4. The largest absolute Gasteiger partial charge is 0.457 e. The van der Waals surface area contributed by atoms with E-state index in [1.54, 1.807) is 24.3 Å². The second-order valence-electron chi connectivity index (χ2n) is 6.25. The number of ether oxygens (including phenoxy) is 2. The van der Waals surface area contributed by atoms with E-state index in [2.05, 4.69) is 5.32 Å². The van der Waals surface area contributed by atoms with E-state index in [-0.39, 0.29) is 10.6 Å². The zero-order valence-electron chi connectivity index (χ0n) is 15.9. The Kier molecular flexibility index (Phi) is 6.91. The van der Waals surface area contributed by atoms with Gasteiger partial charge in [-0.15, -0.1) is 0 Å². The van der Waals surface area contributed by atoms with E-state index in [0.717, 1.165) is 6.07 Å². The maximum atomic E-state index is 12.1. The standard InChI is InChI=1S/C21H17ClN2O6S/c22-18-11-6-14(12-19(18)31(23,27)28)21(26)29-13-20(25)24-15-7-9-17(10-8-15)30-16-4-2-1-3-5-16/h1-12H,13H2,(H,24,25)(H2,23,27,28). The Bertz CT molecular complexity index is 1200. The number of hydrogen-bond acceptors (Lipinski definition) is 6. The fourth-order valence-electron chi connectivity index (χ4n) is 2.49. The quantitative estimate of drug-likeness (QED) is 0.519. The van der Waals surface area contributed by atoms with Gasteiger partial charge in [-0.05, 0) is 54.6 Å². The highest BCUT2D eigenvalue weighted by atomic mass is 35.5. The summed E-state index contributed by atoms with van der Waals surface area (Å²) in [7, 11) is -4.11. The molecular weight excluding hydrogens is 444 g/mol. The molecule has 0 atom stereocenters. The maximum absolute atomic E-state index is 12.1. The smallest absolute Gasteiger partial charge is 0.338 e. The second kappa shape index (κ2) is 9.61. The summed E-state index contributed by atoms with van der Waals surface area (Å²) in [5, 5.41) is 7.50. The Hall–Kier alpha value is -3.40. The van der Waals surface area contributed by atoms with Crippen LogP contribution in [-0.2, 0) is 19.6 Å². The fraction of sp³-hybridized carbons (Fsp3) is 0.0476. The number of anilines is 1. The molecule has 0 heterocycles. The highest BCUT2D eigenvalue weighted by Gasteiger charge is 2.18. The molecule has 0 bridgehead atoms. The van der Waals surface area contributed by atoms with Gasteiger partial charge in [0.1, 0.15) is 16.4 Å². The van der Waals surface area contributed by atoms with Crippen LogP contribution in [0.2, 0.25) is 5.02 Å². The lowest BCUT2D eigenvalue weighted by Gasteiger charge is -2.09. The van der Waals surface area contributed by atoms with Crippen molar-refractivity contribution in [2.45, 2.75) is 4.90 Å². The summed E-state index contributed by atoms with van der Waals surface area (Å²) in [6.07, 6.45) is 0. The Morgan fingerprint density at radius 1 is 0.935 bits per heavy atom. The van der Waals surface area contributed by atoms with Gasteiger partial charge in [0.25, 0.3) is 5.91 Å². The molecule has 1 amide bonds. The van der Waals surface area contributed by atoms with Crippen LogP contribution in [0.25, 0.3) is 0 Å². The predicted molar refractivity (Wildman–Crippen MR) is 115 cm³/mol. The molecule has 8 nitrogen and oxygen atoms in total. The van der Waals surface area contributed by atoms with Crippen molar-refractivity contribution < 1.29 is 27.5 Å². The summed E-state index contributed by atoms with van der Waals surface area (Å²) >= 11 is 5.78. The highest BCUT2D eigenvalue weighted by molar-refractivity contribution is 7.89. The van der Waals surface area contributed by atoms with Crippen LogP contribution in [0, 0.1) is 0 Å². The third-order valence-corrected chi connectivity index (χ3v) is 5.32. The average molecular weight is 461 g/mol. The molecule has 3 aromatic carbocycles. The number of para-hydroxylation sites is 1. The molecular formula is C21H17ClN2O6S. The van der Waals surface area contributed by atoms with Crippen LogP contribution in [0.1, 0.15) is 10.4 Å². The summed E-state index contributed by atoms with van der Waals surface area (Å²) in [6.45, 7) is -0.575. The van der Waals surface area contributed by atoms with Crippen LogP contribution in [0.4, 0.5) is 5.69 Å². The first-order valence-corrected chi connectivity index (χ1v) is 10.8. The molecule has 10 heteroatoms. The van der Waals surface area contributed by atoms with Gasteiger partial charge in [0.15, 0.2) is 6.61 Å². The molecule has 0 fully saturated rings. The van der Waals surface area contributed by atoms with Crippen molar-refractivity contribution >= 4 is 39.2 Å². The number of amides is 1. The van der Waals surface area contributed by atoms with Crippen LogP contribution in [0.15, 0.2) is 77.7 Å². The molecule has 0 radical (unpaired) electrons. The number of primary sulfonamides is 1. The summed E-state index contributed by atoms with van der Waals surface area (Å²) in [5.41, 5.74) is 0.369. The SMILES string of the molecule is NS(=O)(=O)c1cc(C(=O)OCC(=O)Nc2ccc(Oc3ccccc3)cc2)ccc1Cl. The van der Waals surface area contributed by atoms with E-state index in [9.17, 15) is 18.0 Å². The maximum Gasteiger partial charge on any atom is 0.338 e. The minimum Gasteiger partial charge on any atom is -0.457 e. The number of benzene rings is 3. The van der Waals surface area contributed by atoms with Crippen LogP contribution < -0.4 is 15.2 Å². The Morgan fingerprint density at radius 3 is 2.23 bits per heavy atom. The van der Waals surface area contributed by atoms with Crippen LogP contribution in [0.3, 0.4) is 0 Å². The molecule has 0 spiro atoms. The van der Waals surface area contributed by atoms with Crippen LogP contribution >= 0.6 is 11.6 Å². The monoisotopic (exact) mass is 460 g/mol. The fourth-order valence-corrected chi connectivity index (χ4v) is 3.56. The Labute approximate surface area is 183 Å². The van der Waals surface area contributed by atoms with Crippen LogP contribution in [-0.4, -0.2) is 26.9 Å². The average Bonchev–Trinajstić information content (AvgIpc) is 2.74.